The smallest absolute Gasteiger partial charge is 0.282 e. The van der Waals surface area contributed by atoms with Crippen LogP contribution in [0.3, 0.4) is 0 Å². The largest absolute Gasteiger partial charge is 0.331 e. The first-order valence-corrected chi connectivity index (χ1v) is 9.99. The molecule has 0 saturated heterocycles. The van der Waals surface area contributed by atoms with Gasteiger partial charge in [0.05, 0.1) is 10.6 Å². The second-order valence-corrected chi connectivity index (χ2v) is 7.91. The first-order chi connectivity index (χ1) is 14.7. The van der Waals surface area contributed by atoms with Gasteiger partial charge in [0.2, 0.25) is 0 Å². The zero-order valence-electron chi connectivity index (χ0n) is 16.5. The standard InChI is InChI=1S/C22H18ClF4N3O/c1-29-11-16(20(28-29)21(26)27)22(31)30(15-5-6-15)10-14-3-2-13(9-19(14)25)12-4-7-18(24)17(23)8-12/h2-4,7-9,11,15,21H,5-6,10H2,1H3. The van der Waals surface area contributed by atoms with Gasteiger partial charge in [0, 0.05) is 31.4 Å². The zero-order chi connectivity index (χ0) is 22.3. The van der Waals surface area contributed by atoms with Crippen molar-refractivity contribution in [3.63, 3.8) is 0 Å². The summed E-state index contributed by atoms with van der Waals surface area (Å²) in [6.45, 7) is -0.0582. The van der Waals surface area contributed by atoms with Crippen molar-refractivity contribution in [2.75, 3.05) is 0 Å². The highest BCUT2D eigenvalue weighted by Gasteiger charge is 2.36. The van der Waals surface area contributed by atoms with Gasteiger partial charge in [-0.15, -0.1) is 0 Å². The number of hydrogen-bond acceptors (Lipinski definition) is 2. The fourth-order valence-electron chi connectivity index (χ4n) is 3.45. The first-order valence-electron chi connectivity index (χ1n) is 9.61. The number of halogens is 5. The summed E-state index contributed by atoms with van der Waals surface area (Å²) in [7, 11) is 1.46. The lowest BCUT2D eigenvalue weighted by Crippen LogP contribution is -2.33. The number of aromatic nitrogens is 2. The molecule has 1 fully saturated rings. The Hall–Kier alpha value is -2.87. The van der Waals surface area contributed by atoms with E-state index in [1.807, 2.05) is 0 Å². The summed E-state index contributed by atoms with van der Waals surface area (Å²) in [5.74, 6) is -1.73. The molecule has 0 N–H and O–H groups in total. The van der Waals surface area contributed by atoms with E-state index in [0.29, 0.717) is 11.1 Å². The molecule has 0 bridgehead atoms. The Labute approximate surface area is 181 Å². The number of carbonyl (C=O) groups is 1. The molecular weight excluding hydrogens is 434 g/mol. The van der Waals surface area contributed by atoms with Crippen molar-refractivity contribution in [1.82, 2.24) is 14.7 Å². The topological polar surface area (TPSA) is 38.1 Å². The monoisotopic (exact) mass is 451 g/mol. The molecule has 4 rings (SSSR count). The summed E-state index contributed by atoms with van der Waals surface area (Å²) in [4.78, 5) is 14.4. The maximum atomic E-state index is 14.9. The lowest BCUT2D eigenvalue weighted by Gasteiger charge is -2.23. The molecule has 0 spiro atoms. The molecule has 1 heterocycles. The van der Waals surface area contributed by atoms with Crippen LogP contribution in [0, 0.1) is 11.6 Å². The maximum absolute atomic E-state index is 14.9. The maximum Gasteiger partial charge on any atom is 0.282 e. The van der Waals surface area contributed by atoms with Crippen molar-refractivity contribution in [2.24, 2.45) is 7.05 Å². The van der Waals surface area contributed by atoms with Crippen LogP contribution in [-0.2, 0) is 13.6 Å². The fourth-order valence-corrected chi connectivity index (χ4v) is 3.63. The van der Waals surface area contributed by atoms with Crippen LogP contribution in [0.25, 0.3) is 11.1 Å². The Morgan fingerprint density at radius 3 is 2.45 bits per heavy atom. The number of carbonyl (C=O) groups excluding carboxylic acids is 1. The molecule has 1 aliphatic rings. The molecule has 1 aliphatic carbocycles. The van der Waals surface area contributed by atoms with E-state index in [0.717, 1.165) is 12.8 Å². The van der Waals surface area contributed by atoms with Crippen LogP contribution in [0.4, 0.5) is 17.6 Å². The molecule has 3 aromatic rings. The number of rotatable bonds is 6. The second kappa shape index (κ2) is 8.34. The number of benzene rings is 2. The molecule has 9 heteroatoms. The third kappa shape index (κ3) is 4.44. The van der Waals surface area contributed by atoms with Crippen molar-refractivity contribution >= 4 is 17.5 Å². The summed E-state index contributed by atoms with van der Waals surface area (Å²) >= 11 is 5.80. The highest BCUT2D eigenvalue weighted by atomic mass is 35.5. The molecule has 0 aliphatic heterocycles. The molecule has 31 heavy (non-hydrogen) atoms. The summed E-state index contributed by atoms with van der Waals surface area (Å²) in [5, 5.41) is 3.61. The third-order valence-corrected chi connectivity index (χ3v) is 5.48. The minimum absolute atomic E-state index is 0.0582. The fraction of sp³-hybridized carbons (Fsp3) is 0.273. The van der Waals surface area contributed by atoms with E-state index in [9.17, 15) is 22.4 Å². The Morgan fingerprint density at radius 2 is 1.84 bits per heavy atom. The van der Waals surface area contributed by atoms with E-state index >= 15 is 0 Å². The average molecular weight is 452 g/mol. The lowest BCUT2D eigenvalue weighted by atomic mass is 10.0. The number of amides is 1. The van der Waals surface area contributed by atoms with E-state index in [1.54, 1.807) is 6.07 Å². The van der Waals surface area contributed by atoms with Gasteiger partial charge >= 0.3 is 0 Å². The van der Waals surface area contributed by atoms with Crippen LogP contribution < -0.4 is 0 Å². The highest BCUT2D eigenvalue weighted by molar-refractivity contribution is 6.31. The number of hydrogen-bond donors (Lipinski definition) is 0. The van der Waals surface area contributed by atoms with Crippen molar-refractivity contribution in [2.45, 2.75) is 31.9 Å². The van der Waals surface area contributed by atoms with Crippen molar-refractivity contribution in [3.05, 3.63) is 76.1 Å². The SMILES string of the molecule is Cn1cc(C(=O)N(Cc2ccc(-c3ccc(F)c(Cl)c3)cc2F)C2CC2)c(C(F)F)n1. The van der Waals surface area contributed by atoms with Gasteiger partial charge in [-0.05, 0) is 42.2 Å². The molecule has 2 aromatic carbocycles. The van der Waals surface area contributed by atoms with Gasteiger partial charge in [0.25, 0.3) is 12.3 Å². The Kier molecular flexibility index (Phi) is 5.75. The molecule has 162 valence electrons. The van der Waals surface area contributed by atoms with Crippen LogP contribution in [0.1, 0.15) is 40.9 Å². The molecule has 0 radical (unpaired) electrons. The summed E-state index contributed by atoms with van der Waals surface area (Å²) in [6, 6.07) is 8.42. The Balaban J connectivity index is 1.60. The van der Waals surface area contributed by atoms with Crippen LogP contribution in [0.15, 0.2) is 42.6 Å². The van der Waals surface area contributed by atoms with Crippen molar-refractivity contribution in [1.29, 1.82) is 0 Å². The summed E-state index contributed by atoms with van der Waals surface area (Å²) < 4.78 is 56.0. The Bertz CT molecular complexity index is 1140. The van der Waals surface area contributed by atoms with E-state index in [2.05, 4.69) is 5.10 Å². The van der Waals surface area contributed by atoms with Gasteiger partial charge in [-0.1, -0.05) is 29.8 Å². The third-order valence-electron chi connectivity index (χ3n) is 5.19. The Morgan fingerprint density at radius 1 is 1.16 bits per heavy atom. The number of nitrogens with zero attached hydrogens (tertiary/aromatic N) is 3. The van der Waals surface area contributed by atoms with Gasteiger partial charge in [0.15, 0.2) is 0 Å². The molecule has 1 aromatic heterocycles. The quantitative estimate of drug-likeness (QED) is 0.447. The summed E-state index contributed by atoms with van der Waals surface area (Å²) in [5.41, 5.74) is 0.535. The zero-order valence-corrected chi connectivity index (χ0v) is 17.2. The highest BCUT2D eigenvalue weighted by Crippen LogP contribution is 2.33. The van der Waals surface area contributed by atoms with E-state index < -0.39 is 29.7 Å². The average Bonchev–Trinajstić information content (AvgIpc) is 3.49. The molecule has 4 nitrogen and oxygen atoms in total. The van der Waals surface area contributed by atoms with Crippen molar-refractivity contribution in [3.8, 4) is 11.1 Å². The van der Waals surface area contributed by atoms with Crippen molar-refractivity contribution < 1.29 is 22.4 Å². The normalized spacial score (nSPS) is 13.6. The van der Waals surface area contributed by atoms with Gasteiger partial charge in [-0.25, -0.2) is 17.6 Å². The van der Waals surface area contributed by atoms with E-state index in [4.69, 9.17) is 11.6 Å². The minimum atomic E-state index is -2.89. The van der Waals surface area contributed by atoms with Crippen LogP contribution in [-0.4, -0.2) is 26.6 Å². The van der Waals surface area contributed by atoms with Crippen LogP contribution in [0.2, 0.25) is 5.02 Å². The molecule has 0 atom stereocenters. The summed E-state index contributed by atoms with van der Waals surface area (Å²) in [6.07, 6.45) is -0.176. The first kappa shape index (κ1) is 21.4. The van der Waals surface area contributed by atoms with Gasteiger partial charge < -0.3 is 4.90 Å². The lowest BCUT2D eigenvalue weighted by molar-refractivity contribution is 0.0716. The molecular formula is C22H18ClF4N3O. The van der Waals surface area contributed by atoms with E-state index in [-0.39, 0.29) is 28.7 Å². The second-order valence-electron chi connectivity index (χ2n) is 7.50. The number of alkyl halides is 2. The van der Waals surface area contributed by atoms with Gasteiger partial charge in [-0.3, -0.25) is 9.48 Å². The minimum Gasteiger partial charge on any atom is -0.331 e. The molecule has 0 unspecified atom stereocenters. The molecule has 1 amide bonds. The predicted octanol–water partition coefficient (Wildman–Crippen LogP) is 5.76. The number of aryl methyl sites for hydroxylation is 1. The van der Waals surface area contributed by atoms with E-state index in [1.165, 1.54) is 53.2 Å². The predicted molar refractivity (Wildman–Crippen MR) is 108 cm³/mol. The van der Waals surface area contributed by atoms with Crippen LogP contribution in [0.5, 0.6) is 0 Å². The molecule has 1 saturated carbocycles. The van der Waals surface area contributed by atoms with Crippen LogP contribution >= 0.6 is 11.6 Å². The van der Waals surface area contributed by atoms with Gasteiger partial charge in [0.1, 0.15) is 17.3 Å². The van der Waals surface area contributed by atoms with Gasteiger partial charge in [-0.2, -0.15) is 5.10 Å².